The highest BCUT2D eigenvalue weighted by atomic mass is 19.1. The van der Waals surface area contributed by atoms with E-state index in [-0.39, 0.29) is 18.3 Å². The average molecular weight is 253 g/mol. The molecule has 4 nitrogen and oxygen atoms in total. The maximum Gasteiger partial charge on any atom is 0.234 e. The third kappa shape index (κ3) is 4.43. The second-order valence-electron chi connectivity index (χ2n) is 4.26. The van der Waals surface area contributed by atoms with Crippen LogP contribution in [0.3, 0.4) is 0 Å². The first-order chi connectivity index (χ1) is 8.56. The first kappa shape index (κ1) is 14.6. The summed E-state index contributed by atoms with van der Waals surface area (Å²) in [6, 6.07) is 4.86. The molecule has 1 amide bonds. The number of nitrogens with one attached hydrogen (secondary N) is 1. The Bertz CT molecular complexity index is 409. The lowest BCUT2D eigenvalue weighted by molar-refractivity contribution is -0.121. The molecule has 0 saturated heterocycles. The van der Waals surface area contributed by atoms with Crippen LogP contribution in [0.5, 0.6) is 0 Å². The lowest BCUT2D eigenvalue weighted by atomic mass is 10.1. The number of nitrogens with two attached hydrogens (primary N) is 1. The molecule has 0 aliphatic rings. The average Bonchev–Trinajstić information content (AvgIpc) is 2.31. The van der Waals surface area contributed by atoms with Crippen molar-refractivity contribution in [3.63, 3.8) is 0 Å². The standard InChI is InChI=1S/C13H20FN3O/c1-3-16-13(18)9-17(2)8-10-4-5-12(14)11(6-10)7-15/h4-6H,3,7-9,15H2,1-2H3,(H,16,18). The molecule has 5 heteroatoms. The van der Waals surface area contributed by atoms with Gasteiger partial charge in [-0.25, -0.2) is 4.39 Å². The summed E-state index contributed by atoms with van der Waals surface area (Å²) in [7, 11) is 1.85. The van der Waals surface area contributed by atoms with Gasteiger partial charge < -0.3 is 11.1 Å². The van der Waals surface area contributed by atoms with Crippen molar-refractivity contribution < 1.29 is 9.18 Å². The molecule has 3 N–H and O–H groups in total. The van der Waals surface area contributed by atoms with Gasteiger partial charge in [0, 0.05) is 25.2 Å². The van der Waals surface area contributed by atoms with Crippen molar-refractivity contribution in [2.45, 2.75) is 20.0 Å². The number of halogens is 1. The monoisotopic (exact) mass is 253 g/mol. The molecule has 0 aliphatic carbocycles. The number of rotatable bonds is 6. The lowest BCUT2D eigenvalue weighted by Crippen LogP contribution is -2.34. The molecule has 0 unspecified atom stereocenters. The molecule has 0 saturated carbocycles. The highest BCUT2D eigenvalue weighted by Crippen LogP contribution is 2.11. The minimum atomic E-state index is -0.285. The largest absolute Gasteiger partial charge is 0.355 e. The minimum Gasteiger partial charge on any atom is -0.355 e. The van der Waals surface area contributed by atoms with E-state index in [0.29, 0.717) is 25.2 Å². The molecule has 1 aromatic carbocycles. The lowest BCUT2D eigenvalue weighted by Gasteiger charge is -2.16. The van der Waals surface area contributed by atoms with Crippen molar-refractivity contribution in [3.05, 3.63) is 35.1 Å². The Morgan fingerprint density at radius 2 is 2.22 bits per heavy atom. The fourth-order valence-electron chi connectivity index (χ4n) is 1.75. The maximum absolute atomic E-state index is 13.3. The second-order valence-corrected chi connectivity index (χ2v) is 4.26. The van der Waals surface area contributed by atoms with E-state index in [1.54, 1.807) is 12.1 Å². The van der Waals surface area contributed by atoms with E-state index in [2.05, 4.69) is 5.32 Å². The molecular weight excluding hydrogens is 233 g/mol. The molecule has 1 rings (SSSR count). The topological polar surface area (TPSA) is 58.4 Å². The van der Waals surface area contributed by atoms with Crippen LogP contribution in [0.15, 0.2) is 18.2 Å². The number of hydrogen-bond donors (Lipinski definition) is 2. The van der Waals surface area contributed by atoms with Crippen LogP contribution in [0.1, 0.15) is 18.1 Å². The molecule has 1 aromatic rings. The summed E-state index contributed by atoms with van der Waals surface area (Å²) >= 11 is 0. The van der Waals surface area contributed by atoms with Crippen LogP contribution in [0.25, 0.3) is 0 Å². The summed E-state index contributed by atoms with van der Waals surface area (Å²) in [5, 5.41) is 2.73. The molecule has 0 aliphatic heterocycles. The van der Waals surface area contributed by atoms with Gasteiger partial charge >= 0.3 is 0 Å². The number of hydrogen-bond acceptors (Lipinski definition) is 3. The molecule has 100 valence electrons. The number of nitrogens with zero attached hydrogens (tertiary/aromatic N) is 1. The van der Waals surface area contributed by atoms with Gasteiger partial charge in [0.05, 0.1) is 6.54 Å². The molecule has 0 fully saturated rings. The van der Waals surface area contributed by atoms with Crippen LogP contribution in [-0.2, 0) is 17.9 Å². The van der Waals surface area contributed by atoms with Gasteiger partial charge in [-0.3, -0.25) is 9.69 Å². The summed E-state index contributed by atoms with van der Waals surface area (Å²) in [6.45, 7) is 3.60. The van der Waals surface area contributed by atoms with E-state index < -0.39 is 0 Å². The molecule has 0 bridgehead atoms. The van der Waals surface area contributed by atoms with Gasteiger partial charge in [-0.1, -0.05) is 12.1 Å². The Labute approximate surface area is 107 Å². The van der Waals surface area contributed by atoms with Crippen molar-refractivity contribution >= 4 is 5.91 Å². The van der Waals surface area contributed by atoms with Crippen LogP contribution < -0.4 is 11.1 Å². The van der Waals surface area contributed by atoms with E-state index in [1.165, 1.54) is 6.07 Å². The van der Waals surface area contributed by atoms with Gasteiger partial charge in [0.1, 0.15) is 5.82 Å². The Balaban J connectivity index is 2.59. The van der Waals surface area contributed by atoms with Crippen molar-refractivity contribution in [2.24, 2.45) is 5.73 Å². The number of carbonyl (C=O) groups is 1. The summed E-state index contributed by atoms with van der Waals surface area (Å²) in [6.07, 6.45) is 0. The summed E-state index contributed by atoms with van der Waals surface area (Å²) in [5.74, 6) is -0.297. The highest BCUT2D eigenvalue weighted by molar-refractivity contribution is 5.77. The quantitative estimate of drug-likeness (QED) is 0.790. The maximum atomic E-state index is 13.3. The molecule has 0 atom stereocenters. The zero-order chi connectivity index (χ0) is 13.5. The first-order valence-corrected chi connectivity index (χ1v) is 5.99. The smallest absolute Gasteiger partial charge is 0.234 e. The van der Waals surface area contributed by atoms with Gasteiger partial charge in [0.15, 0.2) is 0 Å². The molecule has 18 heavy (non-hydrogen) atoms. The van der Waals surface area contributed by atoms with Crippen LogP contribution in [0.2, 0.25) is 0 Å². The summed E-state index contributed by atoms with van der Waals surface area (Å²) in [4.78, 5) is 13.3. The third-order valence-corrected chi connectivity index (χ3v) is 2.57. The predicted molar refractivity (Wildman–Crippen MR) is 69.3 cm³/mol. The first-order valence-electron chi connectivity index (χ1n) is 5.99. The summed E-state index contributed by atoms with van der Waals surface area (Å²) in [5.41, 5.74) is 6.90. The van der Waals surface area contributed by atoms with E-state index in [9.17, 15) is 9.18 Å². The van der Waals surface area contributed by atoms with Crippen molar-refractivity contribution in [1.82, 2.24) is 10.2 Å². The molecule has 0 radical (unpaired) electrons. The minimum absolute atomic E-state index is 0.0128. The fraction of sp³-hybridized carbons (Fsp3) is 0.462. The third-order valence-electron chi connectivity index (χ3n) is 2.57. The number of amides is 1. The SMILES string of the molecule is CCNC(=O)CN(C)Cc1ccc(F)c(CN)c1. The molecule has 0 aromatic heterocycles. The fourth-order valence-corrected chi connectivity index (χ4v) is 1.75. The van der Waals surface area contributed by atoms with E-state index in [4.69, 9.17) is 5.73 Å². The van der Waals surface area contributed by atoms with Gasteiger partial charge in [-0.15, -0.1) is 0 Å². The molecule has 0 spiro atoms. The Kier molecular flexibility index (Phi) is 5.74. The van der Waals surface area contributed by atoms with Gasteiger partial charge in [0.25, 0.3) is 0 Å². The Morgan fingerprint density at radius 3 is 2.83 bits per heavy atom. The van der Waals surface area contributed by atoms with Crippen LogP contribution in [0.4, 0.5) is 4.39 Å². The number of carbonyl (C=O) groups excluding carboxylic acids is 1. The van der Waals surface area contributed by atoms with Crippen molar-refractivity contribution in [2.75, 3.05) is 20.1 Å². The van der Waals surface area contributed by atoms with E-state index in [1.807, 2.05) is 18.9 Å². The van der Waals surface area contributed by atoms with Gasteiger partial charge in [-0.05, 0) is 25.6 Å². The zero-order valence-corrected chi connectivity index (χ0v) is 10.9. The number of likely N-dealkylation sites (N-methyl/N-ethyl adjacent to an activating group) is 2. The second kappa shape index (κ2) is 7.08. The summed E-state index contributed by atoms with van der Waals surface area (Å²) < 4.78 is 13.3. The van der Waals surface area contributed by atoms with Crippen LogP contribution in [0, 0.1) is 5.82 Å². The number of benzene rings is 1. The predicted octanol–water partition coefficient (Wildman–Crippen LogP) is 0.852. The van der Waals surface area contributed by atoms with Crippen molar-refractivity contribution in [3.8, 4) is 0 Å². The van der Waals surface area contributed by atoms with Crippen molar-refractivity contribution in [1.29, 1.82) is 0 Å². The zero-order valence-electron chi connectivity index (χ0n) is 10.9. The van der Waals surface area contributed by atoms with E-state index in [0.717, 1.165) is 5.56 Å². The van der Waals surface area contributed by atoms with Crippen LogP contribution >= 0.6 is 0 Å². The Hall–Kier alpha value is -1.46. The van der Waals surface area contributed by atoms with Crippen LogP contribution in [-0.4, -0.2) is 30.9 Å². The van der Waals surface area contributed by atoms with E-state index >= 15 is 0 Å². The Morgan fingerprint density at radius 1 is 1.50 bits per heavy atom. The van der Waals surface area contributed by atoms with Gasteiger partial charge in [-0.2, -0.15) is 0 Å². The molecule has 0 heterocycles. The molecular formula is C13H20FN3O. The highest BCUT2D eigenvalue weighted by Gasteiger charge is 2.07. The van der Waals surface area contributed by atoms with Gasteiger partial charge in [0.2, 0.25) is 5.91 Å². The normalized spacial score (nSPS) is 10.7.